The molecule has 0 spiro atoms. The first-order chi connectivity index (χ1) is 8.70. The van der Waals surface area contributed by atoms with E-state index < -0.39 is 0 Å². The number of nitro groups is 1. The van der Waals surface area contributed by atoms with Crippen LogP contribution in [0.2, 0.25) is 0 Å². The number of non-ortho nitro benzene ring substituents is 1. The van der Waals surface area contributed by atoms with E-state index in [1.54, 1.807) is 18.2 Å². The fourth-order valence-electron chi connectivity index (χ4n) is 2.35. The number of rotatable bonds is 6. The lowest BCUT2D eigenvalue weighted by molar-refractivity contribution is -0.384. The molecule has 1 fully saturated rings. The summed E-state index contributed by atoms with van der Waals surface area (Å²) in [5.41, 5.74) is 1.22. The third-order valence-electron chi connectivity index (χ3n) is 3.60. The summed E-state index contributed by atoms with van der Waals surface area (Å²) in [4.78, 5) is 10.5. The predicted octanol–water partition coefficient (Wildman–Crippen LogP) is 3.58. The standard InChI is InChI=1S/C14H20N2O2/c1-2-5-14(15-12-7-4-8-12)11-6-3-9-13(10-11)16(17)18/h3,6,9-10,12,14-15H,2,4-5,7-8H2,1H3. The molecule has 0 aliphatic heterocycles. The van der Waals surface area contributed by atoms with Gasteiger partial charge >= 0.3 is 0 Å². The fourth-order valence-corrected chi connectivity index (χ4v) is 2.35. The lowest BCUT2D eigenvalue weighted by atomic mass is 9.90. The van der Waals surface area contributed by atoms with E-state index in [2.05, 4.69) is 12.2 Å². The molecule has 2 rings (SSSR count). The van der Waals surface area contributed by atoms with Crippen molar-refractivity contribution in [1.29, 1.82) is 0 Å². The summed E-state index contributed by atoms with van der Waals surface area (Å²) in [7, 11) is 0. The van der Waals surface area contributed by atoms with E-state index >= 15 is 0 Å². The van der Waals surface area contributed by atoms with Crippen molar-refractivity contribution in [2.24, 2.45) is 0 Å². The van der Waals surface area contributed by atoms with Gasteiger partial charge in [-0.25, -0.2) is 0 Å². The van der Waals surface area contributed by atoms with Gasteiger partial charge in [0.25, 0.3) is 5.69 Å². The Balaban J connectivity index is 2.12. The number of hydrogen-bond acceptors (Lipinski definition) is 3. The summed E-state index contributed by atoms with van der Waals surface area (Å²) >= 11 is 0. The van der Waals surface area contributed by atoms with Crippen LogP contribution < -0.4 is 5.32 Å². The molecule has 18 heavy (non-hydrogen) atoms. The molecule has 1 aromatic rings. The summed E-state index contributed by atoms with van der Waals surface area (Å²) in [6.07, 6.45) is 5.86. The Morgan fingerprint density at radius 2 is 2.28 bits per heavy atom. The second-order valence-corrected chi connectivity index (χ2v) is 4.99. The lowest BCUT2D eigenvalue weighted by Gasteiger charge is -2.31. The van der Waals surface area contributed by atoms with Crippen molar-refractivity contribution in [3.63, 3.8) is 0 Å². The Kier molecular flexibility index (Phi) is 4.31. The highest BCUT2D eigenvalue weighted by atomic mass is 16.6. The molecular weight excluding hydrogens is 228 g/mol. The first-order valence-electron chi connectivity index (χ1n) is 6.71. The summed E-state index contributed by atoms with van der Waals surface area (Å²) in [5, 5.41) is 14.4. The van der Waals surface area contributed by atoms with Crippen molar-refractivity contribution in [2.75, 3.05) is 0 Å². The Morgan fingerprint density at radius 3 is 2.83 bits per heavy atom. The highest BCUT2D eigenvalue weighted by molar-refractivity contribution is 5.35. The van der Waals surface area contributed by atoms with E-state index in [0.29, 0.717) is 6.04 Å². The van der Waals surface area contributed by atoms with Crippen LogP contribution >= 0.6 is 0 Å². The quantitative estimate of drug-likeness (QED) is 0.618. The van der Waals surface area contributed by atoms with Crippen molar-refractivity contribution >= 4 is 5.69 Å². The van der Waals surface area contributed by atoms with Gasteiger partial charge < -0.3 is 5.32 Å². The second-order valence-electron chi connectivity index (χ2n) is 4.99. The Hall–Kier alpha value is -1.42. The normalized spacial score (nSPS) is 17.2. The van der Waals surface area contributed by atoms with Crippen LogP contribution in [0.3, 0.4) is 0 Å². The van der Waals surface area contributed by atoms with E-state index in [0.717, 1.165) is 18.4 Å². The Labute approximate surface area is 108 Å². The predicted molar refractivity (Wildman–Crippen MR) is 71.5 cm³/mol. The highest BCUT2D eigenvalue weighted by Gasteiger charge is 2.22. The molecule has 1 N–H and O–H groups in total. The number of benzene rings is 1. The molecule has 0 bridgehead atoms. The average molecular weight is 248 g/mol. The maximum Gasteiger partial charge on any atom is 0.269 e. The van der Waals surface area contributed by atoms with Crippen molar-refractivity contribution in [3.05, 3.63) is 39.9 Å². The molecule has 1 aromatic carbocycles. The lowest BCUT2D eigenvalue weighted by Crippen LogP contribution is -2.37. The van der Waals surface area contributed by atoms with E-state index in [-0.39, 0.29) is 16.7 Å². The molecule has 0 aromatic heterocycles. The topological polar surface area (TPSA) is 55.2 Å². The number of nitrogens with zero attached hydrogens (tertiary/aromatic N) is 1. The van der Waals surface area contributed by atoms with Gasteiger partial charge in [0.15, 0.2) is 0 Å². The molecule has 1 unspecified atom stereocenters. The van der Waals surface area contributed by atoms with Crippen LogP contribution in [-0.2, 0) is 0 Å². The van der Waals surface area contributed by atoms with Gasteiger partial charge in [0, 0.05) is 24.2 Å². The maximum absolute atomic E-state index is 10.8. The van der Waals surface area contributed by atoms with E-state index in [1.165, 1.54) is 19.3 Å². The highest BCUT2D eigenvalue weighted by Crippen LogP contribution is 2.27. The van der Waals surface area contributed by atoms with Crippen LogP contribution in [0.25, 0.3) is 0 Å². The molecular formula is C14H20N2O2. The maximum atomic E-state index is 10.8. The van der Waals surface area contributed by atoms with Crippen LogP contribution in [0.5, 0.6) is 0 Å². The molecule has 0 radical (unpaired) electrons. The summed E-state index contributed by atoms with van der Waals surface area (Å²) in [5.74, 6) is 0. The van der Waals surface area contributed by atoms with Gasteiger partial charge in [0.1, 0.15) is 0 Å². The zero-order valence-corrected chi connectivity index (χ0v) is 10.8. The van der Waals surface area contributed by atoms with Crippen molar-refractivity contribution in [1.82, 2.24) is 5.32 Å². The second kappa shape index (κ2) is 5.96. The van der Waals surface area contributed by atoms with Gasteiger partial charge in [0.05, 0.1) is 4.92 Å². The van der Waals surface area contributed by atoms with Gasteiger partial charge in [-0.05, 0) is 24.8 Å². The monoisotopic (exact) mass is 248 g/mol. The first kappa shape index (κ1) is 13.0. The van der Waals surface area contributed by atoms with Gasteiger partial charge in [-0.3, -0.25) is 10.1 Å². The Bertz CT molecular complexity index is 416. The molecule has 4 heteroatoms. The molecule has 1 aliphatic carbocycles. The third-order valence-corrected chi connectivity index (χ3v) is 3.60. The van der Waals surface area contributed by atoms with Crippen LogP contribution in [-0.4, -0.2) is 11.0 Å². The molecule has 1 saturated carbocycles. The van der Waals surface area contributed by atoms with Crippen LogP contribution in [0.15, 0.2) is 24.3 Å². The summed E-state index contributed by atoms with van der Waals surface area (Å²) in [6.45, 7) is 2.15. The summed E-state index contributed by atoms with van der Waals surface area (Å²) < 4.78 is 0. The third kappa shape index (κ3) is 3.07. The largest absolute Gasteiger partial charge is 0.307 e. The average Bonchev–Trinajstić information content (AvgIpc) is 2.32. The Morgan fingerprint density at radius 1 is 1.50 bits per heavy atom. The minimum atomic E-state index is -0.324. The van der Waals surface area contributed by atoms with Gasteiger partial charge in [-0.1, -0.05) is 31.9 Å². The molecule has 0 heterocycles. The zero-order chi connectivity index (χ0) is 13.0. The van der Waals surface area contributed by atoms with Crippen LogP contribution in [0.1, 0.15) is 50.6 Å². The van der Waals surface area contributed by atoms with E-state index in [9.17, 15) is 10.1 Å². The molecule has 1 aliphatic rings. The fraction of sp³-hybridized carbons (Fsp3) is 0.571. The van der Waals surface area contributed by atoms with Crippen molar-refractivity contribution in [3.8, 4) is 0 Å². The first-order valence-corrected chi connectivity index (χ1v) is 6.71. The van der Waals surface area contributed by atoms with Gasteiger partial charge in [-0.15, -0.1) is 0 Å². The number of nitro benzene ring substituents is 1. The SMILES string of the molecule is CCCC(NC1CCC1)c1cccc([N+](=O)[O-])c1. The van der Waals surface area contributed by atoms with Gasteiger partial charge in [-0.2, -0.15) is 0 Å². The van der Waals surface area contributed by atoms with Crippen molar-refractivity contribution < 1.29 is 4.92 Å². The van der Waals surface area contributed by atoms with Crippen LogP contribution in [0.4, 0.5) is 5.69 Å². The number of hydrogen-bond donors (Lipinski definition) is 1. The smallest absolute Gasteiger partial charge is 0.269 e. The van der Waals surface area contributed by atoms with Crippen molar-refractivity contribution in [2.45, 2.75) is 51.1 Å². The molecule has 4 nitrogen and oxygen atoms in total. The van der Waals surface area contributed by atoms with Gasteiger partial charge in [0.2, 0.25) is 0 Å². The minimum absolute atomic E-state index is 0.184. The number of nitrogens with one attached hydrogen (secondary N) is 1. The molecule has 0 amide bonds. The zero-order valence-electron chi connectivity index (χ0n) is 10.8. The molecule has 98 valence electrons. The summed E-state index contributed by atoms with van der Waals surface area (Å²) in [6, 6.07) is 7.86. The molecule has 0 saturated heterocycles. The minimum Gasteiger partial charge on any atom is -0.307 e. The molecule has 1 atom stereocenters. The van der Waals surface area contributed by atoms with E-state index in [4.69, 9.17) is 0 Å². The van der Waals surface area contributed by atoms with E-state index in [1.807, 2.05) is 6.07 Å². The van der Waals surface area contributed by atoms with Crippen LogP contribution in [0, 0.1) is 10.1 Å².